The van der Waals surface area contributed by atoms with Crippen molar-refractivity contribution in [3.05, 3.63) is 0 Å². The van der Waals surface area contributed by atoms with E-state index in [-0.39, 0.29) is 16.9 Å². The lowest BCUT2D eigenvalue weighted by atomic mass is 9.70. The Morgan fingerprint density at radius 3 is 2.20 bits per heavy atom. The number of Topliss-reactive ketones (excluding diaryl/α,β-unsaturated/α-hetero) is 1. The first-order chi connectivity index (χ1) is 9.24. The summed E-state index contributed by atoms with van der Waals surface area (Å²) >= 11 is 0. The molecule has 20 heavy (non-hydrogen) atoms. The predicted octanol–water partition coefficient (Wildman–Crippen LogP) is 3.69. The van der Waals surface area contributed by atoms with Crippen molar-refractivity contribution in [3.63, 3.8) is 0 Å². The molecule has 2 N–H and O–H groups in total. The Morgan fingerprint density at radius 2 is 1.75 bits per heavy atom. The van der Waals surface area contributed by atoms with Gasteiger partial charge in [0.2, 0.25) is 0 Å². The van der Waals surface area contributed by atoms with Gasteiger partial charge in [-0.15, -0.1) is 0 Å². The van der Waals surface area contributed by atoms with Crippen LogP contribution >= 0.6 is 0 Å². The zero-order chi connectivity index (χ0) is 15.4. The van der Waals surface area contributed by atoms with Gasteiger partial charge in [0.25, 0.3) is 0 Å². The molecule has 0 radical (unpaired) electrons. The molecule has 1 atom stereocenters. The van der Waals surface area contributed by atoms with Crippen LogP contribution in [0.15, 0.2) is 0 Å². The van der Waals surface area contributed by atoms with Gasteiger partial charge in [0.1, 0.15) is 0 Å². The number of carbonyl (C=O) groups excluding carboxylic acids is 1. The molecule has 1 unspecified atom stereocenters. The highest BCUT2D eigenvalue weighted by atomic mass is 16.1. The summed E-state index contributed by atoms with van der Waals surface area (Å²) in [6.45, 7) is 10.9. The van der Waals surface area contributed by atoms with Crippen LogP contribution in [0.25, 0.3) is 0 Å². The van der Waals surface area contributed by atoms with Crippen molar-refractivity contribution in [2.45, 2.75) is 79.2 Å². The molecule has 0 aromatic heterocycles. The fourth-order valence-corrected chi connectivity index (χ4v) is 3.43. The van der Waals surface area contributed by atoms with Crippen LogP contribution in [0.3, 0.4) is 0 Å². The van der Waals surface area contributed by atoms with Crippen LogP contribution in [0, 0.1) is 16.7 Å². The molecule has 0 saturated heterocycles. The molecule has 3 heteroatoms. The van der Waals surface area contributed by atoms with E-state index in [1.165, 1.54) is 25.7 Å². The van der Waals surface area contributed by atoms with Crippen molar-refractivity contribution < 1.29 is 4.79 Å². The van der Waals surface area contributed by atoms with Gasteiger partial charge in [-0.05, 0) is 44.1 Å². The van der Waals surface area contributed by atoms with Gasteiger partial charge in [0, 0.05) is 5.41 Å². The Labute approximate surface area is 125 Å². The van der Waals surface area contributed by atoms with E-state index in [0.717, 1.165) is 18.8 Å². The molecular formula is C17H34N2O. The van der Waals surface area contributed by atoms with Crippen molar-refractivity contribution >= 4 is 5.78 Å². The summed E-state index contributed by atoms with van der Waals surface area (Å²) in [6.07, 6.45) is 7.16. The maximum absolute atomic E-state index is 12.8. The third-order valence-corrected chi connectivity index (χ3v) is 5.38. The number of carbonyl (C=O) groups is 1. The average molecular weight is 282 g/mol. The van der Waals surface area contributed by atoms with Gasteiger partial charge in [-0.1, -0.05) is 47.5 Å². The molecule has 1 aliphatic carbocycles. The second kappa shape index (κ2) is 7.04. The lowest BCUT2D eigenvalue weighted by molar-refractivity contribution is -0.130. The monoisotopic (exact) mass is 282 g/mol. The predicted molar refractivity (Wildman–Crippen MR) is 85.4 cm³/mol. The first kappa shape index (κ1) is 17.6. The lowest BCUT2D eigenvalue weighted by Gasteiger charge is -2.37. The number of hydrogen-bond acceptors (Lipinski definition) is 3. The minimum Gasteiger partial charge on any atom is -0.297 e. The first-order valence-corrected chi connectivity index (χ1v) is 8.21. The van der Waals surface area contributed by atoms with E-state index in [4.69, 9.17) is 0 Å². The SMILES string of the molecule is CCC(C)(C)C(=O)C(CC(C)(C)C1CCCC1)NNC. The topological polar surface area (TPSA) is 41.1 Å². The Balaban J connectivity index is 2.78. The molecule has 0 aromatic carbocycles. The van der Waals surface area contributed by atoms with Crippen LogP contribution in [-0.4, -0.2) is 18.9 Å². The van der Waals surface area contributed by atoms with Gasteiger partial charge in [0.15, 0.2) is 5.78 Å². The second-order valence-corrected chi connectivity index (χ2v) is 7.72. The fraction of sp³-hybridized carbons (Fsp3) is 0.941. The van der Waals surface area contributed by atoms with E-state index >= 15 is 0 Å². The molecule has 0 amide bonds. The van der Waals surface area contributed by atoms with Crippen LogP contribution < -0.4 is 10.9 Å². The van der Waals surface area contributed by atoms with Gasteiger partial charge in [-0.2, -0.15) is 0 Å². The zero-order valence-corrected chi connectivity index (χ0v) is 14.3. The molecule has 0 heterocycles. The van der Waals surface area contributed by atoms with E-state index in [2.05, 4.69) is 45.5 Å². The zero-order valence-electron chi connectivity index (χ0n) is 14.3. The number of nitrogens with one attached hydrogen (secondary N) is 2. The summed E-state index contributed by atoms with van der Waals surface area (Å²) in [5.74, 6) is 1.10. The number of hydrogen-bond donors (Lipinski definition) is 2. The van der Waals surface area contributed by atoms with Crippen LogP contribution in [0.5, 0.6) is 0 Å². The van der Waals surface area contributed by atoms with E-state index < -0.39 is 0 Å². The van der Waals surface area contributed by atoms with Gasteiger partial charge < -0.3 is 0 Å². The van der Waals surface area contributed by atoms with Crippen molar-refractivity contribution in [3.8, 4) is 0 Å². The van der Waals surface area contributed by atoms with Gasteiger partial charge in [-0.3, -0.25) is 10.2 Å². The minimum atomic E-state index is -0.250. The van der Waals surface area contributed by atoms with Crippen LogP contribution in [0.2, 0.25) is 0 Å². The molecule has 0 aromatic rings. The summed E-state index contributed by atoms with van der Waals surface area (Å²) < 4.78 is 0. The Bertz CT molecular complexity index is 317. The largest absolute Gasteiger partial charge is 0.297 e. The number of ketones is 1. The van der Waals surface area contributed by atoms with Crippen molar-refractivity contribution in [1.29, 1.82) is 0 Å². The van der Waals surface area contributed by atoms with E-state index in [0.29, 0.717) is 5.78 Å². The van der Waals surface area contributed by atoms with Crippen molar-refractivity contribution in [2.75, 3.05) is 7.05 Å². The summed E-state index contributed by atoms with van der Waals surface area (Å²) in [5, 5.41) is 0. The minimum absolute atomic E-state index is 0.0921. The quantitative estimate of drug-likeness (QED) is 0.667. The van der Waals surface area contributed by atoms with Gasteiger partial charge in [-0.25, -0.2) is 5.43 Å². The second-order valence-electron chi connectivity index (χ2n) is 7.72. The lowest BCUT2D eigenvalue weighted by Crippen LogP contribution is -2.50. The third-order valence-electron chi connectivity index (χ3n) is 5.38. The molecule has 0 aliphatic heterocycles. The molecule has 0 bridgehead atoms. The Morgan fingerprint density at radius 1 is 1.20 bits per heavy atom. The van der Waals surface area contributed by atoms with Crippen LogP contribution in [0.4, 0.5) is 0 Å². The molecule has 1 saturated carbocycles. The summed E-state index contributed by atoms with van der Waals surface area (Å²) in [7, 11) is 1.85. The summed E-state index contributed by atoms with van der Waals surface area (Å²) in [4.78, 5) is 12.8. The fourth-order valence-electron chi connectivity index (χ4n) is 3.43. The standard InChI is InChI=1S/C17H34N2O/c1-7-16(2,3)15(20)14(19-18-6)12-17(4,5)13-10-8-9-11-13/h13-14,18-19H,7-12H2,1-6H3. The first-order valence-electron chi connectivity index (χ1n) is 8.21. The van der Waals surface area contributed by atoms with Gasteiger partial charge >= 0.3 is 0 Å². The molecule has 1 fully saturated rings. The molecule has 118 valence electrons. The Kier molecular flexibility index (Phi) is 6.21. The van der Waals surface area contributed by atoms with Crippen molar-refractivity contribution in [2.24, 2.45) is 16.7 Å². The maximum atomic E-state index is 12.8. The highest BCUT2D eigenvalue weighted by molar-refractivity contribution is 5.89. The smallest absolute Gasteiger partial charge is 0.156 e. The molecule has 3 nitrogen and oxygen atoms in total. The summed E-state index contributed by atoms with van der Waals surface area (Å²) in [6, 6.07) is -0.0921. The normalized spacial score (nSPS) is 19.3. The molecule has 1 rings (SSSR count). The van der Waals surface area contributed by atoms with E-state index in [9.17, 15) is 4.79 Å². The van der Waals surface area contributed by atoms with Crippen LogP contribution in [0.1, 0.15) is 73.1 Å². The maximum Gasteiger partial charge on any atom is 0.156 e. The van der Waals surface area contributed by atoms with E-state index in [1.54, 1.807) is 0 Å². The van der Waals surface area contributed by atoms with Crippen molar-refractivity contribution in [1.82, 2.24) is 10.9 Å². The summed E-state index contributed by atoms with van der Waals surface area (Å²) in [5.41, 5.74) is 6.17. The Hall–Kier alpha value is -0.410. The van der Waals surface area contributed by atoms with Crippen LogP contribution in [-0.2, 0) is 4.79 Å². The van der Waals surface area contributed by atoms with Gasteiger partial charge in [0.05, 0.1) is 6.04 Å². The molecule has 1 aliphatic rings. The average Bonchev–Trinajstić information content (AvgIpc) is 2.91. The third kappa shape index (κ3) is 4.29. The highest BCUT2D eigenvalue weighted by Crippen LogP contribution is 2.43. The molecular weight excluding hydrogens is 248 g/mol. The molecule has 0 spiro atoms. The highest BCUT2D eigenvalue weighted by Gasteiger charge is 2.39. The van der Waals surface area contributed by atoms with E-state index in [1.807, 2.05) is 7.05 Å². The number of rotatable bonds is 8. The number of hydrazine groups is 1.